The zero-order valence-electron chi connectivity index (χ0n) is 17.5. The number of hydrogen-bond acceptors (Lipinski definition) is 6. The monoisotopic (exact) mass is 398 g/mol. The summed E-state index contributed by atoms with van der Waals surface area (Å²) in [7, 11) is 5.32. The predicted molar refractivity (Wildman–Crippen MR) is 114 cm³/mol. The maximum atomic E-state index is 12.6. The maximum Gasteiger partial charge on any atom is 0.223 e. The fourth-order valence-electron chi connectivity index (χ4n) is 3.52. The fraction of sp³-hybridized carbons (Fsp3) is 0.455. The van der Waals surface area contributed by atoms with E-state index in [-0.39, 0.29) is 5.91 Å². The Labute approximate surface area is 172 Å². The van der Waals surface area contributed by atoms with E-state index in [9.17, 15) is 4.79 Å². The van der Waals surface area contributed by atoms with Gasteiger partial charge < -0.3 is 24.2 Å². The van der Waals surface area contributed by atoms with Gasteiger partial charge in [0.05, 0.1) is 14.2 Å². The number of aromatic nitrogens is 1. The second-order valence-electron chi connectivity index (χ2n) is 7.22. The van der Waals surface area contributed by atoms with E-state index in [4.69, 9.17) is 9.47 Å². The van der Waals surface area contributed by atoms with Crippen LogP contribution in [0.15, 0.2) is 42.6 Å². The van der Waals surface area contributed by atoms with E-state index in [2.05, 4.69) is 14.8 Å². The molecule has 0 unspecified atom stereocenters. The third-order valence-corrected chi connectivity index (χ3v) is 5.25. The Hall–Kier alpha value is -2.80. The number of benzene rings is 1. The van der Waals surface area contributed by atoms with E-state index in [1.807, 2.05) is 48.3 Å². The Morgan fingerprint density at radius 3 is 2.55 bits per heavy atom. The first-order valence-corrected chi connectivity index (χ1v) is 9.94. The van der Waals surface area contributed by atoms with Crippen LogP contribution in [0.2, 0.25) is 0 Å². The van der Waals surface area contributed by atoms with Gasteiger partial charge >= 0.3 is 0 Å². The van der Waals surface area contributed by atoms with Gasteiger partial charge in [0.1, 0.15) is 17.3 Å². The van der Waals surface area contributed by atoms with Crippen molar-refractivity contribution in [2.45, 2.75) is 13.0 Å². The zero-order valence-corrected chi connectivity index (χ0v) is 17.5. The van der Waals surface area contributed by atoms with Gasteiger partial charge in [0.2, 0.25) is 5.91 Å². The minimum absolute atomic E-state index is 0.208. The van der Waals surface area contributed by atoms with Crippen LogP contribution in [0.4, 0.5) is 5.82 Å². The van der Waals surface area contributed by atoms with Crippen LogP contribution >= 0.6 is 0 Å². The number of anilines is 1. The van der Waals surface area contributed by atoms with Gasteiger partial charge in [-0.05, 0) is 25.2 Å². The summed E-state index contributed by atoms with van der Waals surface area (Å²) in [6, 6.07) is 11.7. The lowest BCUT2D eigenvalue weighted by molar-refractivity contribution is -0.131. The van der Waals surface area contributed by atoms with E-state index in [1.165, 1.54) is 0 Å². The Morgan fingerprint density at radius 1 is 1.10 bits per heavy atom. The highest BCUT2D eigenvalue weighted by Gasteiger charge is 2.22. The number of methoxy groups -OCH3 is 2. The van der Waals surface area contributed by atoms with Crippen LogP contribution in [0.3, 0.4) is 0 Å². The molecule has 1 amide bonds. The van der Waals surface area contributed by atoms with Gasteiger partial charge in [0.25, 0.3) is 0 Å². The summed E-state index contributed by atoms with van der Waals surface area (Å²) in [6.07, 6.45) is 2.32. The van der Waals surface area contributed by atoms with Crippen LogP contribution in [0.25, 0.3) is 0 Å². The molecule has 0 N–H and O–H groups in total. The van der Waals surface area contributed by atoms with Gasteiger partial charge in [0, 0.05) is 63.5 Å². The van der Waals surface area contributed by atoms with E-state index in [0.29, 0.717) is 19.5 Å². The first-order chi connectivity index (χ1) is 14.1. The van der Waals surface area contributed by atoms with Crippen LogP contribution in [-0.2, 0) is 11.3 Å². The van der Waals surface area contributed by atoms with Gasteiger partial charge in [-0.2, -0.15) is 0 Å². The van der Waals surface area contributed by atoms with E-state index < -0.39 is 0 Å². The Bertz CT molecular complexity index is 792. The number of nitrogens with zero attached hydrogens (tertiary/aromatic N) is 4. The lowest BCUT2D eigenvalue weighted by atomic mass is 10.1. The number of amides is 1. The number of pyridine rings is 1. The van der Waals surface area contributed by atoms with Gasteiger partial charge in [-0.15, -0.1) is 0 Å². The summed E-state index contributed by atoms with van der Waals surface area (Å²) >= 11 is 0. The molecule has 0 radical (unpaired) electrons. The second-order valence-corrected chi connectivity index (χ2v) is 7.22. The summed E-state index contributed by atoms with van der Waals surface area (Å²) in [5, 5.41) is 0. The van der Waals surface area contributed by atoms with Gasteiger partial charge in [-0.25, -0.2) is 4.98 Å². The molecule has 1 saturated heterocycles. The fourth-order valence-corrected chi connectivity index (χ4v) is 3.52. The Balaban J connectivity index is 1.45. The SMILES string of the molecule is COc1ccc(CN(C)CCC(=O)N2CCN(c3ccccn3)CC2)c(OC)c1. The van der Waals surface area contributed by atoms with Crippen molar-refractivity contribution in [1.29, 1.82) is 0 Å². The number of hydrogen-bond donors (Lipinski definition) is 0. The van der Waals surface area contributed by atoms with Gasteiger partial charge in [-0.1, -0.05) is 12.1 Å². The number of rotatable bonds is 8. The second kappa shape index (κ2) is 10.1. The molecular weight excluding hydrogens is 368 g/mol. The normalized spacial score (nSPS) is 14.2. The molecule has 0 spiro atoms. The minimum Gasteiger partial charge on any atom is -0.497 e. The molecule has 1 aromatic heterocycles. The average molecular weight is 399 g/mol. The van der Waals surface area contributed by atoms with Crippen molar-refractivity contribution in [1.82, 2.24) is 14.8 Å². The molecule has 7 heteroatoms. The average Bonchev–Trinajstić information content (AvgIpc) is 2.78. The van der Waals surface area contributed by atoms with Crippen LogP contribution in [0.5, 0.6) is 11.5 Å². The van der Waals surface area contributed by atoms with Crippen molar-refractivity contribution in [3.63, 3.8) is 0 Å². The number of carbonyl (C=O) groups is 1. The topological polar surface area (TPSA) is 58.1 Å². The standard InChI is InChI=1S/C22H30N4O3/c1-24(17-18-7-8-19(28-2)16-20(18)29-3)11-9-22(27)26-14-12-25(13-15-26)21-6-4-5-10-23-21/h4-8,10,16H,9,11-15,17H2,1-3H3. The van der Waals surface area contributed by atoms with Crippen LogP contribution in [0.1, 0.15) is 12.0 Å². The number of ether oxygens (including phenoxy) is 2. The van der Waals surface area contributed by atoms with Gasteiger partial charge in [0.15, 0.2) is 0 Å². The van der Waals surface area contributed by atoms with Crippen molar-refractivity contribution in [3.05, 3.63) is 48.2 Å². The lowest BCUT2D eigenvalue weighted by Crippen LogP contribution is -2.49. The summed E-state index contributed by atoms with van der Waals surface area (Å²) in [5.74, 6) is 2.76. The van der Waals surface area contributed by atoms with Crippen LogP contribution < -0.4 is 14.4 Å². The predicted octanol–water partition coefficient (Wildman–Crippen LogP) is 2.27. The van der Waals surface area contributed by atoms with E-state index in [0.717, 1.165) is 49.1 Å². The minimum atomic E-state index is 0.208. The molecule has 7 nitrogen and oxygen atoms in total. The van der Waals surface area contributed by atoms with Crippen molar-refractivity contribution in [2.24, 2.45) is 0 Å². The smallest absolute Gasteiger partial charge is 0.223 e. The van der Waals surface area contributed by atoms with Crippen LogP contribution in [0, 0.1) is 0 Å². The van der Waals surface area contributed by atoms with Crippen molar-refractivity contribution in [2.75, 3.05) is 58.9 Å². The molecule has 0 saturated carbocycles. The van der Waals surface area contributed by atoms with E-state index in [1.54, 1.807) is 20.4 Å². The summed E-state index contributed by atoms with van der Waals surface area (Å²) in [5.41, 5.74) is 1.08. The third kappa shape index (κ3) is 5.60. The lowest BCUT2D eigenvalue weighted by Gasteiger charge is -2.35. The highest BCUT2D eigenvalue weighted by molar-refractivity contribution is 5.76. The zero-order chi connectivity index (χ0) is 20.6. The number of carbonyl (C=O) groups excluding carboxylic acids is 1. The highest BCUT2D eigenvalue weighted by Crippen LogP contribution is 2.25. The molecule has 2 heterocycles. The molecule has 0 bridgehead atoms. The molecule has 1 aliphatic rings. The molecule has 2 aromatic rings. The van der Waals surface area contributed by atoms with Crippen molar-refractivity contribution < 1.29 is 14.3 Å². The molecule has 3 rings (SSSR count). The molecule has 1 fully saturated rings. The molecule has 1 aliphatic heterocycles. The van der Waals surface area contributed by atoms with E-state index >= 15 is 0 Å². The molecule has 0 aliphatic carbocycles. The largest absolute Gasteiger partial charge is 0.497 e. The summed E-state index contributed by atoms with van der Waals surface area (Å²) < 4.78 is 10.7. The maximum absolute atomic E-state index is 12.6. The quantitative estimate of drug-likeness (QED) is 0.680. The molecule has 0 atom stereocenters. The molecule has 29 heavy (non-hydrogen) atoms. The first-order valence-electron chi connectivity index (χ1n) is 9.94. The first kappa shape index (κ1) is 20.9. The molecular formula is C22H30N4O3. The summed E-state index contributed by atoms with van der Waals surface area (Å²) in [4.78, 5) is 23.4. The molecule has 1 aromatic carbocycles. The highest BCUT2D eigenvalue weighted by atomic mass is 16.5. The Morgan fingerprint density at radius 2 is 1.90 bits per heavy atom. The van der Waals surface area contributed by atoms with Gasteiger partial charge in [-0.3, -0.25) is 4.79 Å². The third-order valence-electron chi connectivity index (χ3n) is 5.25. The number of piperazine rings is 1. The van der Waals surface area contributed by atoms with Crippen molar-refractivity contribution in [3.8, 4) is 11.5 Å². The van der Waals surface area contributed by atoms with Crippen molar-refractivity contribution >= 4 is 11.7 Å². The molecule has 156 valence electrons. The summed E-state index contributed by atoms with van der Waals surface area (Å²) in [6.45, 7) is 4.54. The van der Waals surface area contributed by atoms with Crippen LogP contribution in [-0.4, -0.2) is 74.7 Å². The Kier molecular flexibility index (Phi) is 7.30.